The topological polar surface area (TPSA) is 113 Å². The number of ether oxygens (including phenoxy) is 2. The summed E-state index contributed by atoms with van der Waals surface area (Å²) in [7, 11) is 0. The van der Waals surface area contributed by atoms with Crippen molar-refractivity contribution < 1.29 is 28.6 Å². The van der Waals surface area contributed by atoms with Gasteiger partial charge in [-0.1, -0.05) is 18.2 Å². The van der Waals surface area contributed by atoms with E-state index >= 15 is 0 Å². The summed E-state index contributed by atoms with van der Waals surface area (Å²) < 4.78 is 16.4. The molecule has 1 fully saturated rings. The fourth-order valence-corrected chi connectivity index (χ4v) is 4.18. The maximum absolute atomic E-state index is 12.9. The van der Waals surface area contributed by atoms with E-state index in [9.17, 15) is 14.7 Å². The van der Waals surface area contributed by atoms with Crippen LogP contribution in [0.3, 0.4) is 0 Å². The van der Waals surface area contributed by atoms with Gasteiger partial charge >= 0.3 is 5.97 Å². The Morgan fingerprint density at radius 3 is 2.74 bits per heavy atom. The van der Waals surface area contributed by atoms with Crippen LogP contribution in [-0.2, 0) is 4.79 Å². The largest absolute Gasteiger partial charge is 0.478 e. The minimum absolute atomic E-state index is 0.0538. The molecule has 2 N–H and O–H groups in total. The molecule has 0 aliphatic carbocycles. The highest BCUT2D eigenvalue weighted by Crippen LogP contribution is 2.40. The van der Waals surface area contributed by atoms with E-state index in [1.165, 1.54) is 11.0 Å². The van der Waals surface area contributed by atoms with Gasteiger partial charge in [-0.05, 0) is 42.1 Å². The molecular formula is C22H14N2O6S. The highest BCUT2D eigenvalue weighted by Gasteiger charge is 2.34. The number of amides is 1. The van der Waals surface area contributed by atoms with Crippen LogP contribution in [0.25, 0.3) is 17.4 Å². The molecule has 1 aromatic heterocycles. The Labute approximate surface area is 180 Å². The summed E-state index contributed by atoms with van der Waals surface area (Å²) in [4.78, 5) is 26.0. The second-order valence-electron chi connectivity index (χ2n) is 6.65. The van der Waals surface area contributed by atoms with Gasteiger partial charge in [0.25, 0.3) is 5.91 Å². The molecule has 3 heterocycles. The predicted octanol–water partition coefficient (Wildman–Crippen LogP) is 4.43. The molecule has 9 heteroatoms. The lowest BCUT2D eigenvalue weighted by Crippen LogP contribution is -2.28. The number of carboxylic acid groups (broad SMARTS) is 1. The number of carboxylic acids is 1. The lowest BCUT2D eigenvalue weighted by Gasteiger charge is -2.14. The third-order valence-electron chi connectivity index (χ3n) is 4.76. The smallest absolute Gasteiger partial charge is 0.336 e. The van der Waals surface area contributed by atoms with Crippen molar-refractivity contribution in [1.82, 2.24) is 0 Å². The van der Waals surface area contributed by atoms with Crippen molar-refractivity contribution in [2.45, 2.75) is 0 Å². The number of amidine groups is 1. The van der Waals surface area contributed by atoms with E-state index in [1.807, 2.05) is 0 Å². The molecule has 154 valence electrons. The van der Waals surface area contributed by atoms with Crippen molar-refractivity contribution in [3.05, 3.63) is 70.8 Å². The minimum Gasteiger partial charge on any atom is -0.478 e. The molecule has 0 radical (unpaired) electrons. The summed E-state index contributed by atoms with van der Waals surface area (Å²) in [5.74, 6) is 0.455. The summed E-state index contributed by atoms with van der Waals surface area (Å²) in [6.07, 6.45) is 1.54. The monoisotopic (exact) mass is 434 g/mol. The van der Waals surface area contributed by atoms with Crippen molar-refractivity contribution in [2.75, 3.05) is 11.7 Å². The van der Waals surface area contributed by atoms with Crippen molar-refractivity contribution in [2.24, 2.45) is 0 Å². The van der Waals surface area contributed by atoms with Gasteiger partial charge in [-0.3, -0.25) is 15.1 Å². The summed E-state index contributed by atoms with van der Waals surface area (Å²) in [6.45, 7) is 0.121. The standard InChI is InChI=1S/C22H14N2O6S/c23-22-24(12-5-7-17-18(9-12)29-11-28-17)20(25)19(31-22)10-13-6-8-16(30-13)14-3-1-2-4-15(14)21(26)27/h1-10,23H,11H2,(H,26,27)/b19-10+,23-22?. The van der Waals surface area contributed by atoms with Crippen molar-refractivity contribution in [1.29, 1.82) is 5.41 Å². The number of furan rings is 1. The third kappa shape index (κ3) is 3.34. The van der Waals surface area contributed by atoms with Crippen LogP contribution < -0.4 is 14.4 Å². The number of fused-ring (bicyclic) bond motifs is 1. The Morgan fingerprint density at radius 1 is 1.10 bits per heavy atom. The molecule has 0 bridgehead atoms. The molecule has 0 unspecified atom stereocenters. The number of carbonyl (C=O) groups is 2. The molecule has 5 rings (SSSR count). The minimum atomic E-state index is -1.05. The first-order valence-corrected chi connectivity index (χ1v) is 9.97. The molecule has 1 saturated heterocycles. The second kappa shape index (κ2) is 7.37. The zero-order valence-electron chi connectivity index (χ0n) is 15.8. The number of nitrogens with zero attached hydrogens (tertiary/aromatic N) is 1. The van der Waals surface area contributed by atoms with Gasteiger partial charge < -0.3 is 19.0 Å². The number of benzene rings is 2. The van der Waals surface area contributed by atoms with E-state index in [-0.39, 0.29) is 23.4 Å². The fourth-order valence-electron chi connectivity index (χ4n) is 3.33. The van der Waals surface area contributed by atoms with Crippen molar-refractivity contribution in [3.63, 3.8) is 0 Å². The van der Waals surface area contributed by atoms with Gasteiger partial charge in [0.15, 0.2) is 16.7 Å². The maximum atomic E-state index is 12.9. The molecule has 0 spiro atoms. The number of hydrogen-bond acceptors (Lipinski definition) is 7. The zero-order valence-corrected chi connectivity index (χ0v) is 16.6. The Morgan fingerprint density at radius 2 is 1.90 bits per heavy atom. The Balaban J connectivity index is 1.43. The second-order valence-corrected chi connectivity index (χ2v) is 7.68. The van der Waals surface area contributed by atoms with Crippen LogP contribution in [0.5, 0.6) is 11.5 Å². The molecule has 0 saturated carbocycles. The quantitative estimate of drug-likeness (QED) is 0.584. The first kappa shape index (κ1) is 19.0. The molecule has 8 nitrogen and oxygen atoms in total. The van der Waals surface area contributed by atoms with Gasteiger partial charge in [0.2, 0.25) is 6.79 Å². The van der Waals surface area contributed by atoms with Crippen LogP contribution in [-0.4, -0.2) is 28.9 Å². The average Bonchev–Trinajstić information content (AvgIpc) is 3.47. The molecule has 2 aromatic carbocycles. The lowest BCUT2D eigenvalue weighted by atomic mass is 10.1. The normalized spacial score (nSPS) is 16.4. The van der Waals surface area contributed by atoms with Gasteiger partial charge in [0, 0.05) is 17.7 Å². The highest BCUT2D eigenvalue weighted by molar-refractivity contribution is 8.19. The van der Waals surface area contributed by atoms with Crippen LogP contribution >= 0.6 is 11.8 Å². The molecular weight excluding hydrogens is 420 g/mol. The molecule has 3 aromatic rings. The third-order valence-corrected chi connectivity index (χ3v) is 5.65. The Hall–Kier alpha value is -3.98. The molecule has 2 aliphatic rings. The number of aromatic carboxylic acids is 1. The van der Waals surface area contributed by atoms with E-state index in [1.54, 1.807) is 54.6 Å². The average molecular weight is 434 g/mol. The summed E-state index contributed by atoms with van der Waals surface area (Å²) in [6, 6.07) is 14.9. The summed E-state index contributed by atoms with van der Waals surface area (Å²) in [5, 5.41) is 17.7. The van der Waals surface area contributed by atoms with E-state index in [0.29, 0.717) is 39.2 Å². The van der Waals surface area contributed by atoms with Crippen LogP contribution in [0.2, 0.25) is 0 Å². The number of hydrogen-bond donors (Lipinski definition) is 2. The number of carbonyl (C=O) groups excluding carboxylic acids is 1. The van der Waals surface area contributed by atoms with Crippen molar-refractivity contribution >= 4 is 40.6 Å². The number of rotatable bonds is 4. The predicted molar refractivity (Wildman–Crippen MR) is 114 cm³/mol. The number of nitrogens with one attached hydrogen (secondary N) is 1. The SMILES string of the molecule is N=C1S/C(=C/c2ccc(-c3ccccc3C(=O)O)o2)C(=O)N1c1ccc2c(c1)OCO2. The van der Waals surface area contributed by atoms with Crippen molar-refractivity contribution in [3.8, 4) is 22.8 Å². The van der Waals surface area contributed by atoms with Gasteiger partial charge in [0.1, 0.15) is 11.5 Å². The van der Waals surface area contributed by atoms with Gasteiger partial charge in [-0.25, -0.2) is 4.79 Å². The molecule has 2 aliphatic heterocycles. The number of thioether (sulfide) groups is 1. The zero-order chi connectivity index (χ0) is 21.5. The van der Waals surface area contributed by atoms with Crippen LogP contribution in [0.1, 0.15) is 16.1 Å². The first-order valence-electron chi connectivity index (χ1n) is 9.16. The highest BCUT2D eigenvalue weighted by atomic mass is 32.2. The fraction of sp³-hybridized carbons (Fsp3) is 0.0455. The van der Waals surface area contributed by atoms with Gasteiger partial charge in [0.05, 0.1) is 16.2 Å². The Kier molecular flexibility index (Phi) is 4.52. The maximum Gasteiger partial charge on any atom is 0.336 e. The van der Waals surface area contributed by atoms with Crippen LogP contribution in [0.4, 0.5) is 5.69 Å². The van der Waals surface area contributed by atoms with Crippen LogP contribution in [0, 0.1) is 5.41 Å². The summed E-state index contributed by atoms with van der Waals surface area (Å²) in [5.41, 5.74) is 1.07. The van der Waals surface area contributed by atoms with E-state index in [0.717, 1.165) is 11.8 Å². The van der Waals surface area contributed by atoms with E-state index in [2.05, 4.69) is 0 Å². The van der Waals surface area contributed by atoms with E-state index in [4.69, 9.17) is 19.3 Å². The molecule has 0 atom stereocenters. The first-order chi connectivity index (χ1) is 15.0. The Bertz CT molecular complexity index is 1280. The molecule has 1 amide bonds. The van der Waals surface area contributed by atoms with E-state index < -0.39 is 5.97 Å². The summed E-state index contributed by atoms with van der Waals surface area (Å²) >= 11 is 1.01. The number of anilines is 1. The molecule has 31 heavy (non-hydrogen) atoms. The van der Waals surface area contributed by atoms with Gasteiger partial charge in [-0.15, -0.1) is 0 Å². The van der Waals surface area contributed by atoms with Gasteiger partial charge in [-0.2, -0.15) is 0 Å². The van der Waals surface area contributed by atoms with Crippen LogP contribution in [0.15, 0.2) is 63.9 Å². The lowest BCUT2D eigenvalue weighted by molar-refractivity contribution is -0.113.